The molecule has 0 aliphatic heterocycles. The van der Waals surface area contributed by atoms with E-state index in [0.717, 1.165) is 25.8 Å². The van der Waals surface area contributed by atoms with Gasteiger partial charge in [-0.1, -0.05) is 143 Å². The van der Waals surface area contributed by atoms with Crippen LogP contribution < -0.4 is 0 Å². The zero-order chi connectivity index (χ0) is 29.5. The Labute approximate surface area is 252 Å². The maximum absolute atomic E-state index is 12.8. The summed E-state index contributed by atoms with van der Waals surface area (Å²) >= 11 is 0. The third-order valence-electron chi connectivity index (χ3n) is 8.45. The van der Waals surface area contributed by atoms with Crippen LogP contribution in [-0.2, 0) is 9.53 Å². The molecule has 0 radical (unpaired) electrons. The van der Waals surface area contributed by atoms with Crippen LogP contribution in [0.5, 0.6) is 0 Å². The van der Waals surface area contributed by atoms with Crippen LogP contribution in [0, 0.1) is 5.92 Å². The Bertz CT molecular complexity index is 511. The summed E-state index contributed by atoms with van der Waals surface area (Å²) in [7, 11) is 4.37. The highest BCUT2D eigenvalue weighted by atomic mass is 16.5. The van der Waals surface area contributed by atoms with Gasteiger partial charge in [-0.05, 0) is 59.3 Å². The first kappa shape index (κ1) is 39.4. The molecule has 0 aliphatic rings. The average Bonchev–Trinajstić information content (AvgIpc) is 2.94. The molecule has 240 valence electrons. The van der Waals surface area contributed by atoms with Gasteiger partial charge in [0.1, 0.15) is 0 Å². The van der Waals surface area contributed by atoms with E-state index in [2.05, 4.69) is 44.7 Å². The SMILES string of the molecule is CCCCCCCCC(CCCCCC)C(=O)OCCCCCCCCCN(CCCCCCC)CCN(C)C. The predicted molar refractivity (Wildman–Crippen MR) is 177 cm³/mol. The summed E-state index contributed by atoms with van der Waals surface area (Å²) in [6.45, 7) is 12.3. The minimum Gasteiger partial charge on any atom is -0.465 e. The summed E-state index contributed by atoms with van der Waals surface area (Å²) < 4.78 is 5.77. The van der Waals surface area contributed by atoms with Gasteiger partial charge in [-0.15, -0.1) is 0 Å². The van der Waals surface area contributed by atoms with Crippen LogP contribution in [0.15, 0.2) is 0 Å². The van der Waals surface area contributed by atoms with Crippen LogP contribution in [0.4, 0.5) is 0 Å². The fourth-order valence-electron chi connectivity index (χ4n) is 5.60. The van der Waals surface area contributed by atoms with Crippen LogP contribution in [0.1, 0.15) is 175 Å². The highest BCUT2D eigenvalue weighted by molar-refractivity contribution is 5.72. The third kappa shape index (κ3) is 27.6. The molecule has 4 heteroatoms. The van der Waals surface area contributed by atoms with Gasteiger partial charge in [-0.25, -0.2) is 0 Å². The van der Waals surface area contributed by atoms with Crippen molar-refractivity contribution in [3.8, 4) is 0 Å². The standard InChI is InChI=1S/C36H74N2O2/c1-6-9-12-15-19-24-29-35(28-23-14-11-8-3)36(39)40-34-27-22-18-16-17-21-26-31-38(33-32-37(4)5)30-25-20-13-10-7-2/h35H,6-34H2,1-5H3. The van der Waals surface area contributed by atoms with Crippen LogP contribution >= 0.6 is 0 Å². The smallest absolute Gasteiger partial charge is 0.308 e. The number of rotatable bonds is 32. The quantitative estimate of drug-likeness (QED) is 0.0599. The fourth-order valence-corrected chi connectivity index (χ4v) is 5.60. The molecule has 0 aliphatic carbocycles. The molecule has 1 unspecified atom stereocenters. The number of likely N-dealkylation sites (N-methyl/N-ethyl adjacent to an activating group) is 1. The molecular formula is C36H74N2O2. The lowest BCUT2D eigenvalue weighted by Gasteiger charge is -2.24. The van der Waals surface area contributed by atoms with E-state index < -0.39 is 0 Å². The summed E-state index contributed by atoms with van der Waals surface area (Å²) in [5.41, 5.74) is 0. The number of carbonyl (C=O) groups excluding carboxylic acids is 1. The van der Waals surface area contributed by atoms with Gasteiger partial charge in [0.25, 0.3) is 0 Å². The van der Waals surface area contributed by atoms with Crippen molar-refractivity contribution in [3.63, 3.8) is 0 Å². The number of unbranched alkanes of at least 4 members (excludes halogenated alkanes) is 18. The second-order valence-corrected chi connectivity index (χ2v) is 12.8. The minimum atomic E-state index is 0.0919. The molecule has 0 amide bonds. The fraction of sp³-hybridized carbons (Fsp3) is 0.972. The molecule has 0 rings (SSSR count). The molecule has 4 nitrogen and oxygen atoms in total. The molecule has 0 saturated carbocycles. The Hall–Kier alpha value is -0.610. The molecule has 0 saturated heterocycles. The van der Waals surface area contributed by atoms with Crippen LogP contribution in [0.2, 0.25) is 0 Å². The van der Waals surface area contributed by atoms with E-state index >= 15 is 0 Å². The molecule has 0 spiro atoms. The zero-order valence-electron chi connectivity index (χ0n) is 28.3. The number of nitrogens with zero attached hydrogens (tertiary/aromatic N) is 2. The first-order valence-corrected chi connectivity index (χ1v) is 18.1. The Kier molecular flexibility index (Phi) is 30.9. The monoisotopic (exact) mass is 567 g/mol. The molecular weight excluding hydrogens is 492 g/mol. The van der Waals surface area contributed by atoms with Crippen LogP contribution in [-0.4, -0.2) is 62.7 Å². The molecule has 0 aromatic heterocycles. The van der Waals surface area contributed by atoms with E-state index in [1.54, 1.807) is 0 Å². The third-order valence-corrected chi connectivity index (χ3v) is 8.45. The largest absolute Gasteiger partial charge is 0.465 e. The lowest BCUT2D eigenvalue weighted by Crippen LogP contribution is -2.33. The van der Waals surface area contributed by atoms with Crippen molar-refractivity contribution < 1.29 is 9.53 Å². The Morgan fingerprint density at radius 1 is 0.500 bits per heavy atom. The van der Waals surface area contributed by atoms with Gasteiger partial charge in [-0.2, -0.15) is 0 Å². The predicted octanol–water partition coefficient (Wildman–Crippen LogP) is 10.4. The molecule has 40 heavy (non-hydrogen) atoms. The molecule has 1 atom stereocenters. The van der Waals surface area contributed by atoms with Gasteiger partial charge >= 0.3 is 5.97 Å². The first-order valence-electron chi connectivity index (χ1n) is 18.1. The molecule has 0 N–H and O–H groups in total. The lowest BCUT2D eigenvalue weighted by atomic mass is 9.94. The van der Waals surface area contributed by atoms with Crippen molar-refractivity contribution in [2.24, 2.45) is 5.92 Å². The summed E-state index contributed by atoms with van der Waals surface area (Å²) in [6.07, 6.45) is 30.5. The summed E-state index contributed by atoms with van der Waals surface area (Å²) in [5.74, 6) is 0.228. The maximum atomic E-state index is 12.8. The van der Waals surface area contributed by atoms with Gasteiger partial charge < -0.3 is 14.5 Å². The van der Waals surface area contributed by atoms with Gasteiger partial charge in [0, 0.05) is 13.1 Å². The van der Waals surface area contributed by atoms with Gasteiger partial charge in [0.15, 0.2) is 0 Å². The van der Waals surface area contributed by atoms with E-state index in [9.17, 15) is 4.79 Å². The summed E-state index contributed by atoms with van der Waals surface area (Å²) in [5, 5.41) is 0. The van der Waals surface area contributed by atoms with Crippen molar-refractivity contribution >= 4 is 5.97 Å². The van der Waals surface area contributed by atoms with Gasteiger partial charge in [-0.3, -0.25) is 4.79 Å². The van der Waals surface area contributed by atoms with Crippen molar-refractivity contribution in [2.75, 3.05) is 46.9 Å². The molecule has 0 heterocycles. The van der Waals surface area contributed by atoms with Crippen molar-refractivity contribution in [1.29, 1.82) is 0 Å². The van der Waals surface area contributed by atoms with Crippen molar-refractivity contribution in [2.45, 2.75) is 175 Å². The van der Waals surface area contributed by atoms with E-state index in [4.69, 9.17) is 4.74 Å². The number of hydrogen-bond donors (Lipinski definition) is 0. The zero-order valence-corrected chi connectivity index (χ0v) is 28.3. The minimum absolute atomic E-state index is 0.0919. The maximum Gasteiger partial charge on any atom is 0.308 e. The van der Waals surface area contributed by atoms with Crippen LogP contribution in [0.3, 0.4) is 0 Å². The summed E-state index contributed by atoms with van der Waals surface area (Å²) in [4.78, 5) is 17.8. The second kappa shape index (κ2) is 31.3. The van der Waals surface area contributed by atoms with Crippen molar-refractivity contribution in [3.05, 3.63) is 0 Å². The van der Waals surface area contributed by atoms with E-state index in [0.29, 0.717) is 6.61 Å². The molecule has 0 bridgehead atoms. The molecule has 0 aromatic carbocycles. The van der Waals surface area contributed by atoms with Crippen molar-refractivity contribution in [1.82, 2.24) is 9.80 Å². The second-order valence-electron chi connectivity index (χ2n) is 12.8. The normalized spacial score (nSPS) is 12.5. The highest BCUT2D eigenvalue weighted by Gasteiger charge is 2.19. The Morgan fingerprint density at radius 3 is 1.38 bits per heavy atom. The first-order chi connectivity index (χ1) is 19.5. The van der Waals surface area contributed by atoms with E-state index in [1.165, 1.54) is 154 Å². The summed E-state index contributed by atoms with van der Waals surface area (Å²) in [6, 6.07) is 0. The van der Waals surface area contributed by atoms with Crippen LogP contribution in [0.25, 0.3) is 0 Å². The molecule has 0 fully saturated rings. The Balaban J connectivity index is 3.98. The highest BCUT2D eigenvalue weighted by Crippen LogP contribution is 2.21. The number of ether oxygens (including phenoxy) is 1. The van der Waals surface area contributed by atoms with E-state index in [-0.39, 0.29) is 11.9 Å². The topological polar surface area (TPSA) is 32.8 Å². The lowest BCUT2D eigenvalue weighted by molar-refractivity contribution is -0.149. The number of hydrogen-bond acceptors (Lipinski definition) is 4. The molecule has 0 aromatic rings. The number of carbonyl (C=O) groups is 1. The van der Waals surface area contributed by atoms with Gasteiger partial charge in [0.2, 0.25) is 0 Å². The average molecular weight is 567 g/mol. The number of esters is 1. The van der Waals surface area contributed by atoms with E-state index in [1.807, 2.05) is 0 Å². The van der Waals surface area contributed by atoms with Gasteiger partial charge in [0.05, 0.1) is 12.5 Å². The Morgan fingerprint density at radius 2 is 0.900 bits per heavy atom.